The average molecular weight is 372 g/mol. The number of carbonyl (C=O) groups excluding carboxylic acids is 1. The van der Waals surface area contributed by atoms with Gasteiger partial charge in [0.25, 0.3) is 5.91 Å². The summed E-state index contributed by atoms with van der Waals surface area (Å²) in [7, 11) is 0. The van der Waals surface area contributed by atoms with E-state index in [4.69, 9.17) is 0 Å². The number of halogens is 3. The van der Waals surface area contributed by atoms with Crippen molar-refractivity contribution in [2.24, 2.45) is 0 Å². The number of fused-ring (bicyclic) bond motifs is 3. The molecule has 0 radical (unpaired) electrons. The van der Waals surface area contributed by atoms with Crippen molar-refractivity contribution in [3.8, 4) is 0 Å². The molecule has 3 nitrogen and oxygen atoms in total. The summed E-state index contributed by atoms with van der Waals surface area (Å²) in [6, 6.07) is 10.9. The minimum atomic E-state index is -4.55. The van der Waals surface area contributed by atoms with E-state index < -0.39 is 17.6 Å². The predicted molar refractivity (Wildman–Crippen MR) is 97.8 cm³/mol. The first kappa shape index (κ1) is 17.6. The first-order valence-electron chi connectivity index (χ1n) is 8.90. The number of benzene rings is 2. The predicted octanol–water partition coefficient (Wildman–Crippen LogP) is 4.78. The van der Waals surface area contributed by atoms with Gasteiger partial charge in [-0.2, -0.15) is 13.2 Å². The van der Waals surface area contributed by atoms with Gasteiger partial charge in [0.2, 0.25) is 0 Å². The van der Waals surface area contributed by atoms with Gasteiger partial charge in [-0.25, -0.2) is 0 Å². The largest absolute Gasteiger partial charge is 0.417 e. The monoisotopic (exact) mass is 372 g/mol. The lowest BCUT2D eigenvalue weighted by molar-refractivity contribution is -0.137. The topological polar surface area (TPSA) is 44.9 Å². The third-order valence-corrected chi connectivity index (χ3v) is 5.16. The van der Waals surface area contributed by atoms with Crippen LogP contribution in [-0.2, 0) is 19.0 Å². The van der Waals surface area contributed by atoms with Crippen molar-refractivity contribution in [1.29, 1.82) is 0 Å². The lowest BCUT2D eigenvalue weighted by Crippen LogP contribution is -2.39. The van der Waals surface area contributed by atoms with Crippen LogP contribution in [0.2, 0.25) is 0 Å². The van der Waals surface area contributed by atoms with Crippen molar-refractivity contribution in [1.82, 2.24) is 10.3 Å². The zero-order chi connectivity index (χ0) is 19.2. The van der Waals surface area contributed by atoms with Crippen LogP contribution in [0.4, 0.5) is 13.2 Å². The normalized spacial score (nSPS) is 17.0. The van der Waals surface area contributed by atoms with Crippen LogP contribution < -0.4 is 5.32 Å². The van der Waals surface area contributed by atoms with Crippen LogP contribution in [-0.4, -0.2) is 16.9 Å². The molecule has 4 rings (SSSR count). The van der Waals surface area contributed by atoms with Gasteiger partial charge in [-0.3, -0.25) is 4.79 Å². The number of rotatable bonds is 2. The summed E-state index contributed by atoms with van der Waals surface area (Å²) in [4.78, 5) is 15.9. The number of hydrogen-bond acceptors (Lipinski definition) is 1. The number of alkyl halides is 3. The van der Waals surface area contributed by atoms with E-state index in [9.17, 15) is 18.0 Å². The SMILES string of the molecule is Cc1ccc2[nH]c3c(c2c1)CCC(NC(=O)c1ccccc1C(F)(F)F)C3. The van der Waals surface area contributed by atoms with Gasteiger partial charge in [0.1, 0.15) is 0 Å². The molecule has 0 saturated carbocycles. The van der Waals surface area contributed by atoms with Crippen LogP contribution in [0.25, 0.3) is 10.9 Å². The van der Waals surface area contributed by atoms with E-state index >= 15 is 0 Å². The molecule has 140 valence electrons. The zero-order valence-electron chi connectivity index (χ0n) is 14.8. The summed E-state index contributed by atoms with van der Waals surface area (Å²) in [5.74, 6) is -0.677. The first-order valence-corrected chi connectivity index (χ1v) is 8.90. The Morgan fingerprint density at radius 1 is 1.19 bits per heavy atom. The van der Waals surface area contributed by atoms with Gasteiger partial charge in [0.15, 0.2) is 0 Å². The van der Waals surface area contributed by atoms with E-state index in [1.54, 1.807) is 0 Å². The van der Waals surface area contributed by atoms with Crippen LogP contribution in [0.15, 0.2) is 42.5 Å². The second-order valence-electron chi connectivity index (χ2n) is 7.09. The summed E-state index contributed by atoms with van der Waals surface area (Å²) in [6.45, 7) is 2.04. The van der Waals surface area contributed by atoms with E-state index in [1.165, 1.54) is 34.7 Å². The highest BCUT2D eigenvalue weighted by molar-refractivity contribution is 5.96. The van der Waals surface area contributed by atoms with Crippen LogP contribution in [0.3, 0.4) is 0 Å². The highest BCUT2D eigenvalue weighted by atomic mass is 19.4. The highest BCUT2D eigenvalue weighted by Gasteiger charge is 2.35. The molecule has 1 aromatic heterocycles. The van der Waals surface area contributed by atoms with E-state index in [2.05, 4.69) is 16.4 Å². The number of H-pyrrole nitrogens is 1. The first-order chi connectivity index (χ1) is 12.8. The van der Waals surface area contributed by atoms with Crippen LogP contribution in [0, 0.1) is 6.92 Å². The molecule has 1 heterocycles. The summed E-state index contributed by atoms with van der Waals surface area (Å²) >= 11 is 0. The van der Waals surface area contributed by atoms with Gasteiger partial charge in [-0.1, -0.05) is 23.8 Å². The van der Waals surface area contributed by atoms with Gasteiger partial charge in [-0.15, -0.1) is 0 Å². The molecule has 0 aliphatic heterocycles. The van der Waals surface area contributed by atoms with Crippen molar-refractivity contribution >= 4 is 16.8 Å². The molecule has 1 aliphatic carbocycles. The molecule has 2 N–H and O–H groups in total. The Balaban J connectivity index is 1.56. The average Bonchev–Trinajstić information content (AvgIpc) is 2.98. The summed E-state index contributed by atoms with van der Waals surface area (Å²) < 4.78 is 39.5. The zero-order valence-corrected chi connectivity index (χ0v) is 14.8. The quantitative estimate of drug-likeness (QED) is 0.668. The van der Waals surface area contributed by atoms with Crippen molar-refractivity contribution in [2.45, 2.75) is 38.4 Å². The van der Waals surface area contributed by atoms with Crippen LogP contribution >= 0.6 is 0 Å². The van der Waals surface area contributed by atoms with E-state index in [0.29, 0.717) is 12.8 Å². The molecule has 1 unspecified atom stereocenters. The van der Waals surface area contributed by atoms with Crippen molar-refractivity contribution < 1.29 is 18.0 Å². The van der Waals surface area contributed by atoms with Crippen molar-refractivity contribution in [2.75, 3.05) is 0 Å². The lowest BCUT2D eigenvalue weighted by atomic mass is 9.91. The number of aromatic nitrogens is 1. The Morgan fingerprint density at radius 2 is 1.96 bits per heavy atom. The Labute approximate surface area is 154 Å². The Morgan fingerprint density at radius 3 is 2.74 bits per heavy atom. The summed E-state index contributed by atoms with van der Waals surface area (Å²) in [6.07, 6.45) is -2.48. The molecule has 2 aromatic carbocycles. The number of carbonyl (C=O) groups is 1. The number of aryl methyl sites for hydroxylation is 2. The molecule has 0 bridgehead atoms. The highest BCUT2D eigenvalue weighted by Crippen LogP contribution is 2.33. The Hall–Kier alpha value is -2.76. The third-order valence-electron chi connectivity index (χ3n) is 5.16. The fraction of sp³-hybridized carbons (Fsp3) is 0.286. The molecule has 27 heavy (non-hydrogen) atoms. The summed E-state index contributed by atoms with van der Waals surface area (Å²) in [5.41, 5.74) is 3.30. The molecule has 1 atom stereocenters. The molecule has 0 fully saturated rings. The number of nitrogens with one attached hydrogen (secondary N) is 2. The molecular weight excluding hydrogens is 353 g/mol. The van der Waals surface area contributed by atoms with Gasteiger partial charge in [0.05, 0.1) is 11.1 Å². The lowest BCUT2D eigenvalue weighted by Gasteiger charge is -2.24. The maximum Gasteiger partial charge on any atom is 0.417 e. The number of hydrogen-bond donors (Lipinski definition) is 2. The van der Waals surface area contributed by atoms with Crippen LogP contribution in [0.5, 0.6) is 0 Å². The second-order valence-corrected chi connectivity index (χ2v) is 7.09. The minimum absolute atomic E-state index is 0.194. The van der Waals surface area contributed by atoms with Gasteiger partial charge < -0.3 is 10.3 Å². The maximum atomic E-state index is 13.2. The number of amides is 1. The maximum absolute atomic E-state index is 13.2. The third kappa shape index (κ3) is 3.31. The van der Waals surface area contributed by atoms with Crippen LogP contribution in [0.1, 0.15) is 39.2 Å². The smallest absolute Gasteiger partial charge is 0.358 e. The number of aromatic amines is 1. The van der Waals surface area contributed by atoms with Crippen molar-refractivity contribution in [3.63, 3.8) is 0 Å². The second kappa shape index (κ2) is 6.44. The fourth-order valence-corrected chi connectivity index (χ4v) is 3.86. The molecule has 0 saturated heterocycles. The minimum Gasteiger partial charge on any atom is -0.358 e. The molecular formula is C21H19F3N2O. The molecule has 0 spiro atoms. The van der Waals surface area contributed by atoms with E-state index in [-0.39, 0.29) is 11.6 Å². The standard InChI is InChI=1S/C21H19F3N2O/c1-12-6-9-18-16(10-12)14-8-7-13(11-19(14)26-18)25-20(27)15-4-2-3-5-17(15)21(22,23)24/h2-6,9-10,13,26H,7-8,11H2,1H3,(H,25,27). The molecule has 3 aromatic rings. The van der Waals surface area contributed by atoms with Crippen molar-refractivity contribution in [3.05, 3.63) is 70.4 Å². The fourth-order valence-electron chi connectivity index (χ4n) is 3.86. The van der Waals surface area contributed by atoms with E-state index in [0.717, 1.165) is 23.7 Å². The summed E-state index contributed by atoms with van der Waals surface area (Å²) in [5, 5.41) is 3.98. The van der Waals surface area contributed by atoms with Gasteiger partial charge >= 0.3 is 6.18 Å². The Bertz CT molecular complexity index is 1020. The van der Waals surface area contributed by atoms with E-state index in [1.807, 2.05) is 19.1 Å². The Kier molecular flexibility index (Phi) is 4.21. The molecule has 1 aliphatic rings. The molecule has 1 amide bonds. The van der Waals surface area contributed by atoms with Gasteiger partial charge in [-0.05, 0) is 49.6 Å². The molecule has 6 heteroatoms. The van der Waals surface area contributed by atoms with Gasteiger partial charge in [0, 0.05) is 29.1 Å².